The van der Waals surface area contributed by atoms with Crippen molar-refractivity contribution < 1.29 is 14.6 Å². The van der Waals surface area contributed by atoms with Gasteiger partial charge in [-0.25, -0.2) is 4.79 Å². The van der Waals surface area contributed by atoms with Gasteiger partial charge in [0, 0.05) is 6.42 Å². The predicted molar refractivity (Wildman–Crippen MR) is 61.5 cm³/mol. The Morgan fingerprint density at radius 1 is 1.69 bits per heavy atom. The van der Waals surface area contributed by atoms with Crippen LogP contribution in [0.5, 0.6) is 0 Å². The Bertz CT molecular complexity index is 310. The van der Waals surface area contributed by atoms with Crippen LogP contribution in [0.1, 0.15) is 27.2 Å². The summed E-state index contributed by atoms with van der Waals surface area (Å²) in [7, 11) is 0. The predicted octanol–water partition coefficient (Wildman–Crippen LogP) is 1.26. The molecule has 0 aromatic rings. The SMILES string of the molecule is C#CC[C@H](NC(=O)OC(C)(C)C)C(N)=CO. The van der Waals surface area contributed by atoms with Crippen LogP contribution < -0.4 is 11.1 Å². The molecule has 16 heavy (non-hydrogen) atoms. The fourth-order valence-electron chi connectivity index (χ4n) is 0.910. The molecule has 0 heterocycles. The van der Waals surface area contributed by atoms with Crippen LogP contribution in [0.2, 0.25) is 0 Å². The number of terminal acetylenes is 1. The van der Waals surface area contributed by atoms with Crippen LogP contribution in [0.4, 0.5) is 4.79 Å². The largest absolute Gasteiger partial charge is 0.514 e. The topological polar surface area (TPSA) is 84.6 Å². The fourth-order valence-corrected chi connectivity index (χ4v) is 0.910. The summed E-state index contributed by atoms with van der Waals surface area (Å²) in [5.74, 6) is 2.35. The first kappa shape index (κ1) is 14.2. The molecule has 5 heteroatoms. The molecule has 0 radical (unpaired) electrons. The van der Waals surface area contributed by atoms with Crippen LogP contribution in [0.25, 0.3) is 0 Å². The number of nitrogens with two attached hydrogens (primary N) is 1. The minimum Gasteiger partial charge on any atom is -0.514 e. The molecule has 0 saturated carbocycles. The van der Waals surface area contributed by atoms with Crippen LogP contribution in [0.15, 0.2) is 12.0 Å². The molecule has 0 bridgehead atoms. The summed E-state index contributed by atoms with van der Waals surface area (Å²) in [6, 6.07) is -0.621. The molecule has 0 aliphatic rings. The van der Waals surface area contributed by atoms with E-state index in [1.165, 1.54) is 0 Å². The summed E-state index contributed by atoms with van der Waals surface area (Å²) >= 11 is 0. The Morgan fingerprint density at radius 3 is 2.62 bits per heavy atom. The number of aliphatic hydroxyl groups excluding tert-OH is 1. The van der Waals surface area contributed by atoms with Crippen molar-refractivity contribution in [3.05, 3.63) is 12.0 Å². The van der Waals surface area contributed by atoms with Crippen molar-refractivity contribution in [2.75, 3.05) is 0 Å². The van der Waals surface area contributed by atoms with Gasteiger partial charge in [-0.15, -0.1) is 12.3 Å². The lowest BCUT2D eigenvalue weighted by atomic mass is 10.1. The lowest BCUT2D eigenvalue weighted by Crippen LogP contribution is -2.41. The number of carbonyl (C=O) groups is 1. The molecule has 0 saturated heterocycles. The average Bonchev–Trinajstić information content (AvgIpc) is 2.13. The number of alkyl carbamates (subject to hydrolysis) is 1. The minimum absolute atomic E-state index is 0.0869. The Labute approximate surface area is 95.7 Å². The van der Waals surface area contributed by atoms with Crippen molar-refractivity contribution in [2.45, 2.75) is 38.8 Å². The molecule has 4 N–H and O–H groups in total. The zero-order valence-electron chi connectivity index (χ0n) is 9.78. The van der Waals surface area contributed by atoms with Crippen molar-refractivity contribution in [2.24, 2.45) is 5.73 Å². The third kappa shape index (κ3) is 5.81. The van der Waals surface area contributed by atoms with Crippen molar-refractivity contribution in [3.63, 3.8) is 0 Å². The maximum absolute atomic E-state index is 11.4. The first-order valence-corrected chi connectivity index (χ1v) is 4.83. The number of hydrogen-bond donors (Lipinski definition) is 3. The molecule has 0 spiro atoms. The van der Waals surface area contributed by atoms with E-state index in [4.69, 9.17) is 22.0 Å². The van der Waals surface area contributed by atoms with E-state index in [2.05, 4.69) is 11.2 Å². The zero-order valence-corrected chi connectivity index (χ0v) is 9.78. The number of rotatable bonds is 3. The van der Waals surface area contributed by atoms with Gasteiger partial charge in [-0.1, -0.05) is 0 Å². The highest BCUT2D eigenvalue weighted by molar-refractivity contribution is 5.68. The summed E-state index contributed by atoms with van der Waals surface area (Å²) in [5.41, 5.74) is 4.95. The van der Waals surface area contributed by atoms with E-state index >= 15 is 0 Å². The van der Waals surface area contributed by atoms with Gasteiger partial charge >= 0.3 is 6.09 Å². The van der Waals surface area contributed by atoms with Crippen molar-refractivity contribution >= 4 is 6.09 Å². The molecular weight excluding hydrogens is 208 g/mol. The summed E-state index contributed by atoms with van der Waals surface area (Å²) in [6.45, 7) is 5.23. The van der Waals surface area contributed by atoms with E-state index in [9.17, 15) is 4.79 Å². The van der Waals surface area contributed by atoms with Crippen molar-refractivity contribution in [1.29, 1.82) is 0 Å². The smallest absolute Gasteiger partial charge is 0.408 e. The summed E-state index contributed by atoms with van der Waals surface area (Å²) in [6.07, 6.45) is 5.38. The standard InChI is InChI=1S/C11H18N2O3/c1-5-6-9(8(12)7-14)13-10(15)16-11(2,3)4/h1,7,9,14H,6,12H2,2-4H3,(H,13,15)/t9-/m0/s1. The summed E-state index contributed by atoms with van der Waals surface area (Å²) in [5, 5.41) is 11.2. The molecule has 1 amide bonds. The Hall–Kier alpha value is -1.83. The van der Waals surface area contributed by atoms with Gasteiger partial charge in [0.1, 0.15) is 11.9 Å². The maximum atomic E-state index is 11.4. The van der Waals surface area contributed by atoms with E-state index in [1.54, 1.807) is 20.8 Å². The van der Waals surface area contributed by atoms with Crippen LogP contribution in [-0.4, -0.2) is 22.8 Å². The first-order valence-electron chi connectivity index (χ1n) is 4.83. The van der Waals surface area contributed by atoms with Gasteiger partial charge in [-0.05, 0) is 20.8 Å². The molecule has 5 nitrogen and oxygen atoms in total. The second-order valence-corrected chi connectivity index (χ2v) is 4.24. The van der Waals surface area contributed by atoms with Gasteiger partial charge in [0.15, 0.2) is 0 Å². The second kappa shape index (κ2) is 5.91. The van der Waals surface area contributed by atoms with E-state index in [0.717, 1.165) is 0 Å². The van der Waals surface area contributed by atoms with Crippen LogP contribution in [0, 0.1) is 12.3 Å². The molecule has 0 aliphatic carbocycles. The number of aliphatic hydroxyl groups is 1. The van der Waals surface area contributed by atoms with Crippen LogP contribution >= 0.6 is 0 Å². The van der Waals surface area contributed by atoms with E-state index in [-0.39, 0.29) is 12.1 Å². The monoisotopic (exact) mass is 226 g/mol. The molecule has 0 aliphatic heterocycles. The number of carbonyl (C=O) groups excluding carboxylic acids is 1. The molecule has 0 unspecified atom stereocenters. The van der Waals surface area contributed by atoms with Gasteiger partial charge < -0.3 is 20.9 Å². The highest BCUT2D eigenvalue weighted by Crippen LogP contribution is 2.08. The summed E-state index contributed by atoms with van der Waals surface area (Å²) < 4.78 is 5.03. The van der Waals surface area contributed by atoms with Gasteiger partial charge in [0.05, 0.1) is 11.7 Å². The highest BCUT2D eigenvalue weighted by Gasteiger charge is 2.20. The molecule has 0 rings (SSSR count). The lowest BCUT2D eigenvalue weighted by molar-refractivity contribution is 0.0512. The fraction of sp³-hybridized carbons (Fsp3) is 0.545. The van der Waals surface area contributed by atoms with Crippen molar-refractivity contribution in [1.82, 2.24) is 5.32 Å². The van der Waals surface area contributed by atoms with Crippen LogP contribution in [-0.2, 0) is 4.74 Å². The molecule has 0 aromatic heterocycles. The lowest BCUT2D eigenvalue weighted by Gasteiger charge is -2.22. The zero-order chi connectivity index (χ0) is 12.8. The van der Waals surface area contributed by atoms with Crippen molar-refractivity contribution in [3.8, 4) is 12.3 Å². The third-order valence-corrected chi connectivity index (χ3v) is 1.56. The van der Waals surface area contributed by atoms with Gasteiger partial charge in [0.2, 0.25) is 0 Å². The normalized spacial score (nSPS) is 13.8. The Balaban J connectivity index is 4.43. The number of nitrogens with one attached hydrogen (secondary N) is 1. The van der Waals surface area contributed by atoms with Crippen LogP contribution in [0.3, 0.4) is 0 Å². The Morgan fingerprint density at radius 2 is 2.25 bits per heavy atom. The van der Waals surface area contributed by atoms with E-state index in [0.29, 0.717) is 6.26 Å². The third-order valence-electron chi connectivity index (χ3n) is 1.56. The molecular formula is C11H18N2O3. The second-order valence-electron chi connectivity index (χ2n) is 4.24. The van der Waals surface area contributed by atoms with Gasteiger partial charge in [-0.3, -0.25) is 0 Å². The highest BCUT2D eigenvalue weighted by atomic mass is 16.6. The molecule has 90 valence electrons. The minimum atomic E-state index is -0.627. The summed E-state index contributed by atoms with van der Waals surface area (Å²) in [4.78, 5) is 11.4. The van der Waals surface area contributed by atoms with E-state index in [1.807, 2.05) is 0 Å². The quantitative estimate of drug-likeness (QED) is 0.499. The van der Waals surface area contributed by atoms with Gasteiger partial charge in [0.25, 0.3) is 0 Å². The first-order chi connectivity index (χ1) is 7.30. The number of hydrogen-bond acceptors (Lipinski definition) is 4. The average molecular weight is 226 g/mol. The number of amides is 1. The maximum Gasteiger partial charge on any atom is 0.408 e. The molecule has 0 fully saturated rings. The Kier molecular flexibility index (Phi) is 5.23. The molecule has 1 atom stereocenters. The van der Waals surface area contributed by atoms with Gasteiger partial charge in [-0.2, -0.15) is 0 Å². The number of ether oxygens (including phenoxy) is 1. The van der Waals surface area contributed by atoms with E-state index < -0.39 is 17.7 Å². The molecule has 0 aromatic carbocycles.